The number of hydrogen-bond acceptors (Lipinski definition) is 4. The molecule has 2 N–H and O–H groups in total. The van der Waals surface area contributed by atoms with Crippen LogP contribution in [0.1, 0.15) is 0 Å². The maximum atomic E-state index is 11.5. The van der Waals surface area contributed by atoms with Gasteiger partial charge in [-0.05, 0) is 12.1 Å². The zero-order valence-corrected chi connectivity index (χ0v) is 9.25. The second kappa shape index (κ2) is 4.74. The molecule has 1 aromatic carbocycles. The second-order valence-electron chi connectivity index (χ2n) is 3.59. The van der Waals surface area contributed by atoms with Crippen molar-refractivity contribution in [1.29, 1.82) is 0 Å². The van der Waals surface area contributed by atoms with E-state index in [-0.39, 0.29) is 6.54 Å². The first-order valence-electron chi connectivity index (χ1n) is 5.15. The minimum Gasteiger partial charge on any atom is -0.480 e. The molecule has 18 heavy (non-hydrogen) atoms. The molecule has 0 spiro atoms. The standard InChI is InChI=1S/C11H10N2O5/c14-9(12-5-10(15)16)6-13-7-3-1-2-4-8(7)18-11(13)17/h1-4H,5-6H2,(H,12,14)(H,15,16). The highest BCUT2D eigenvalue weighted by Crippen LogP contribution is 2.11. The van der Waals surface area contributed by atoms with Gasteiger partial charge in [-0.1, -0.05) is 12.1 Å². The summed E-state index contributed by atoms with van der Waals surface area (Å²) in [7, 11) is 0. The number of hydrogen-bond donors (Lipinski definition) is 2. The Hall–Kier alpha value is -2.57. The third kappa shape index (κ3) is 2.40. The Morgan fingerprint density at radius 2 is 2.06 bits per heavy atom. The largest absolute Gasteiger partial charge is 0.480 e. The Morgan fingerprint density at radius 3 is 2.78 bits per heavy atom. The summed E-state index contributed by atoms with van der Waals surface area (Å²) >= 11 is 0. The number of nitrogens with zero attached hydrogens (tertiary/aromatic N) is 1. The van der Waals surface area contributed by atoms with E-state index < -0.39 is 24.2 Å². The van der Waals surface area contributed by atoms with Crippen molar-refractivity contribution in [3.8, 4) is 0 Å². The van der Waals surface area contributed by atoms with Crippen LogP contribution < -0.4 is 11.1 Å². The lowest BCUT2D eigenvalue weighted by atomic mass is 10.3. The number of benzene rings is 1. The van der Waals surface area contributed by atoms with Gasteiger partial charge in [0.25, 0.3) is 0 Å². The van der Waals surface area contributed by atoms with Crippen molar-refractivity contribution in [2.24, 2.45) is 0 Å². The molecule has 0 unspecified atom stereocenters. The van der Waals surface area contributed by atoms with Crippen LogP contribution in [0.4, 0.5) is 0 Å². The zero-order valence-electron chi connectivity index (χ0n) is 9.25. The minimum absolute atomic E-state index is 0.275. The number of aromatic nitrogens is 1. The third-order valence-electron chi connectivity index (χ3n) is 2.31. The number of rotatable bonds is 4. The molecule has 1 aromatic heterocycles. The highest BCUT2D eigenvalue weighted by molar-refractivity contribution is 5.82. The van der Waals surface area contributed by atoms with Crippen molar-refractivity contribution >= 4 is 23.0 Å². The monoisotopic (exact) mass is 250 g/mol. The number of aliphatic carboxylic acids is 1. The molecular formula is C11H10N2O5. The highest BCUT2D eigenvalue weighted by Gasteiger charge is 2.12. The maximum absolute atomic E-state index is 11.5. The molecular weight excluding hydrogens is 240 g/mol. The van der Waals surface area contributed by atoms with Gasteiger partial charge >= 0.3 is 11.7 Å². The van der Waals surface area contributed by atoms with E-state index in [4.69, 9.17) is 9.52 Å². The van der Waals surface area contributed by atoms with Crippen LogP contribution in [-0.2, 0) is 16.1 Å². The van der Waals surface area contributed by atoms with Gasteiger partial charge in [0.2, 0.25) is 5.91 Å². The van der Waals surface area contributed by atoms with Gasteiger partial charge in [-0.15, -0.1) is 0 Å². The van der Waals surface area contributed by atoms with Crippen LogP contribution in [0.5, 0.6) is 0 Å². The fourth-order valence-corrected chi connectivity index (χ4v) is 1.54. The number of carbonyl (C=O) groups is 2. The fourth-order valence-electron chi connectivity index (χ4n) is 1.54. The van der Waals surface area contributed by atoms with Crippen LogP contribution in [0.15, 0.2) is 33.5 Å². The molecule has 0 aliphatic heterocycles. The Bertz CT molecular complexity index is 655. The summed E-state index contributed by atoms with van der Waals surface area (Å²) in [5.41, 5.74) is 0.876. The average Bonchev–Trinajstić information content (AvgIpc) is 2.64. The van der Waals surface area contributed by atoms with E-state index in [1.165, 1.54) is 0 Å². The Labute approximate surface area is 101 Å². The van der Waals surface area contributed by atoms with Crippen molar-refractivity contribution < 1.29 is 19.1 Å². The van der Waals surface area contributed by atoms with Crippen molar-refractivity contribution in [3.05, 3.63) is 34.8 Å². The Kier molecular flexibility index (Phi) is 3.13. The smallest absolute Gasteiger partial charge is 0.420 e. The van der Waals surface area contributed by atoms with E-state index in [1.807, 2.05) is 0 Å². The quantitative estimate of drug-likeness (QED) is 0.782. The van der Waals surface area contributed by atoms with Gasteiger partial charge in [0.05, 0.1) is 5.52 Å². The van der Waals surface area contributed by atoms with Crippen LogP contribution in [0, 0.1) is 0 Å². The van der Waals surface area contributed by atoms with Gasteiger partial charge < -0.3 is 14.8 Å². The predicted octanol–water partition coefficient (Wildman–Crippen LogP) is -0.205. The molecule has 2 aromatic rings. The van der Waals surface area contributed by atoms with E-state index in [9.17, 15) is 14.4 Å². The lowest BCUT2D eigenvalue weighted by molar-refractivity contribution is -0.138. The van der Waals surface area contributed by atoms with Crippen LogP contribution in [-0.4, -0.2) is 28.1 Å². The average molecular weight is 250 g/mol. The van der Waals surface area contributed by atoms with Crippen LogP contribution >= 0.6 is 0 Å². The molecule has 2 rings (SSSR count). The second-order valence-corrected chi connectivity index (χ2v) is 3.59. The zero-order chi connectivity index (χ0) is 13.1. The van der Waals surface area contributed by atoms with Crippen molar-refractivity contribution in [1.82, 2.24) is 9.88 Å². The van der Waals surface area contributed by atoms with E-state index >= 15 is 0 Å². The maximum Gasteiger partial charge on any atom is 0.420 e. The highest BCUT2D eigenvalue weighted by atomic mass is 16.4. The molecule has 0 saturated heterocycles. The molecule has 0 bridgehead atoms. The molecule has 1 heterocycles. The molecule has 0 aliphatic carbocycles. The Morgan fingerprint density at radius 1 is 1.33 bits per heavy atom. The SMILES string of the molecule is O=C(O)CNC(=O)Cn1c(=O)oc2ccccc21. The summed E-state index contributed by atoms with van der Waals surface area (Å²) in [4.78, 5) is 33.2. The van der Waals surface area contributed by atoms with Crippen LogP contribution in [0.25, 0.3) is 11.1 Å². The molecule has 0 saturated carbocycles. The summed E-state index contributed by atoms with van der Waals surface area (Å²) < 4.78 is 6.08. The van der Waals surface area contributed by atoms with Crippen LogP contribution in [0.2, 0.25) is 0 Å². The van der Waals surface area contributed by atoms with Crippen molar-refractivity contribution in [2.75, 3.05) is 6.54 Å². The summed E-state index contributed by atoms with van der Waals surface area (Å²) in [5.74, 6) is -2.36. The summed E-state index contributed by atoms with van der Waals surface area (Å²) in [6, 6.07) is 6.68. The van der Waals surface area contributed by atoms with Crippen molar-refractivity contribution in [3.63, 3.8) is 0 Å². The molecule has 0 atom stereocenters. The summed E-state index contributed by atoms with van der Waals surface area (Å²) in [6.45, 7) is -0.757. The lowest BCUT2D eigenvalue weighted by Gasteiger charge is -2.02. The van der Waals surface area contributed by atoms with Gasteiger partial charge in [-0.25, -0.2) is 4.79 Å². The van der Waals surface area contributed by atoms with Crippen molar-refractivity contribution in [2.45, 2.75) is 6.54 Å². The number of carboxylic acid groups (broad SMARTS) is 1. The molecule has 0 radical (unpaired) electrons. The first-order valence-corrected chi connectivity index (χ1v) is 5.15. The van der Waals surface area contributed by atoms with E-state index in [1.54, 1.807) is 24.3 Å². The topological polar surface area (TPSA) is 102 Å². The Balaban J connectivity index is 2.21. The molecule has 0 aliphatic rings. The normalized spacial score (nSPS) is 10.4. The van der Waals surface area contributed by atoms with Gasteiger partial charge in [0, 0.05) is 0 Å². The van der Waals surface area contributed by atoms with Gasteiger partial charge in [-0.3, -0.25) is 14.2 Å². The number of para-hydroxylation sites is 2. The predicted molar refractivity (Wildman–Crippen MR) is 61.1 cm³/mol. The summed E-state index contributed by atoms with van der Waals surface area (Å²) in [6.07, 6.45) is 0. The number of carbonyl (C=O) groups excluding carboxylic acids is 1. The minimum atomic E-state index is -1.15. The molecule has 7 heteroatoms. The first-order chi connectivity index (χ1) is 8.58. The number of nitrogens with one attached hydrogen (secondary N) is 1. The molecule has 94 valence electrons. The first kappa shape index (κ1) is 11.9. The summed E-state index contributed by atoms with van der Waals surface area (Å²) in [5, 5.41) is 10.6. The number of amides is 1. The third-order valence-corrected chi connectivity index (χ3v) is 2.31. The van der Waals surface area contributed by atoms with E-state index in [0.29, 0.717) is 11.1 Å². The molecule has 0 fully saturated rings. The van der Waals surface area contributed by atoms with Gasteiger partial charge in [-0.2, -0.15) is 0 Å². The number of carboxylic acids is 1. The van der Waals surface area contributed by atoms with Gasteiger partial charge in [0.15, 0.2) is 5.58 Å². The van der Waals surface area contributed by atoms with E-state index in [2.05, 4.69) is 5.32 Å². The molecule has 1 amide bonds. The number of oxazole rings is 1. The van der Waals surface area contributed by atoms with Gasteiger partial charge in [0.1, 0.15) is 13.1 Å². The number of fused-ring (bicyclic) bond motifs is 1. The molecule has 7 nitrogen and oxygen atoms in total. The fraction of sp³-hybridized carbons (Fsp3) is 0.182. The van der Waals surface area contributed by atoms with E-state index in [0.717, 1.165) is 4.57 Å². The van der Waals surface area contributed by atoms with Crippen LogP contribution in [0.3, 0.4) is 0 Å². The lowest BCUT2D eigenvalue weighted by Crippen LogP contribution is -2.34.